The van der Waals surface area contributed by atoms with Crippen molar-refractivity contribution in [2.45, 2.75) is 0 Å². The largest absolute Gasteiger partial charge is 0.466 e. The Hall–Kier alpha value is -0.120. The van der Waals surface area contributed by atoms with Crippen LogP contribution in [0.15, 0.2) is 12.7 Å². The van der Waals surface area contributed by atoms with E-state index in [1.54, 1.807) is 6.08 Å². The van der Waals surface area contributed by atoms with Crippen LogP contribution < -0.4 is 11.9 Å². The van der Waals surface area contributed by atoms with Crippen LogP contribution in [0.25, 0.3) is 0 Å². The second-order valence-electron chi connectivity index (χ2n) is 1.55. The molecule has 0 spiro atoms. The highest BCUT2D eigenvalue weighted by atomic mass is 31.2. The summed E-state index contributed by atoms with van der Waals surface area (Å²) in [6, 6.07) is 0. The summed E-state index contributed by atoms with van der Waals surface area (Å²) in [7, 11) is -9.28. The Bertz CT molecular complexity index is 183. The molecular weight excluding hydrogens is 254 g/mol. The first-order valence-electron chi connectivity index (χ1n) is 2.79. The van der Waals surface area contributed by atoms with Crippen LogP contribution in [0.2, 0.25) is 0 Å². The molecule has 0 amide bonds. The normalized spacial score (nSPS) is 9.53. The van der Waals surface area contributed by atoms with Gasteiger partial charge in [-0.05, 0) is 0 Å². The van der Waals surface area contributed by atoms with E-state index in [4.69, 9.17) is 44.2 Å². The zero-order chi connectivity index (χ0) is 12.4. The molecule has 0 radical (unpaired) electrons. The molecule has 0 atom stereocenters. The molecule has 0 aromatic rings. The van der Waals surface area contributed by atoms with Gasteiger partial charge in [0.1, 0.15) is 0 Å². The maximum atomic E-state index is 8.88. The first-order valence-corrected chi connectivity index (χ1v) is 5.92. The van der Waals surface area contributed by atoms with Gasteiger partial charge in [0.25, 0.3) is 0 Å². The second-order valence-corrected chi connectivity index (χ2v) is 3.60. The zero-order valence-electron chi connectivity index (χ0n) is 7.67. The molecular formula is C3H16N2O8P2. The van der Waals surface area contributed by atoms with Crippen LogP contribution in [0, 0.1) is 0 Å². The molecule has 0 aromatic heterocycles. The van der Waals surface area contributed by atoms with Gasteiger partial charge in [-0.15, -0.1) is 6.58 Å². The first-order chi connectivity index (χ1) is 5.91. The summed E-state index contributed by atoms with van der Waals surface area (Å²) in [6.07, 6.45) is 1.65. The molecule has 10 nitrogen and oxygen atoms in total. The molecule has 0 saturated heterocycles. The predicted molar refractivity (Wildman–Crippen MR) is 52.8 cm³/mol. The van der Waals surface area contributed by atoms with E-state index in [1.807, 2.05) is 0 Å². The van der Waals surface area contributed by atoms with E-state index in [1.165, 1.54) is 0 Å². The van der Waals surface area contributed by atoms with Gasteiger partial charge in [0, 0.05) is 6.54 Å². The van der Waals surface area contributed by atoms with Crippen LogP contribution in [0.5, 0.6) is 0 Å². The fourth-order valence-electron chi connectivity index (χ4n) is 0. The summed E-state index contributed by atoms with van der Waals surface area (Å²) in [5.41, 5.74) is 4.91. The molecule has 96 valence electrons. The number of hydrogen-bond donors (Lipinski definition) is 8. The summed E-state index contributed by atoms with van der Waals surface area (Å²) in [4.78, 5) is 43.1. The quantitative estimate of drug-likeness (QED) is 0.202. The molecule has 0 unspecified atom stereocenters. The smallest absolute Gasteiger partial charge is 0.344 e. The maximum absolute atomic E-state index is 8.88. The Balaban J connectivity index is -0.0000000590. The van der Waals surface area contributed by atoms with Crippen LogP contribution in [-0.4, -0.2) is 35.9 Å². The average Bonchev–Trinajstić information content (AvgIpc) is 1.79. The molecule has 0 rings (SSSR count). The van der Waals surface area contributed by atoms with Crippen molar-refractivity contribution < 1.29 is 38.5 Å². The van der Waals surface area contributed by atoms with Crippen LogP contribution in [0.3, 0.4) is 0 Å². The van der Waals surface area contributed by atoms with Gasteiger partial charge < -0.3 is 41.2 Å². The molecule has 0 aromatic carbocycles. The standard InChI is InChI=1S/C3H7N.H3N.2H3O4P/c1-2-3-4;;2*1-5(2,3)4/h2H,1,3-4H2;1H3;2*(H3,1,2,3,4). The zero-order valence-corrected chi connectivity index (χ0v) is 9.46. The minimum absolute atomic E-state index is 0. The molecule has 15 heavy (non-hydrogen) atoms. The van der Waals surface area contributed by atoms with E-state index in [-0.39, 0.29) is 6.15 Å². The Morgan fingerprint density at radius 3 is 1.07 bits per heavy atom. The Labute approximate surface area is 86.1 Å². The summed E-state index contributed by atoms with van der Waals surface area (Å²) in [6.45, 7) is 3.94. The van der Waals surface area contributed by atoms with Crippen molar-refractivity contribution in [2.24, 2.45) is 5.73 Å². The molecule has 0 saturated carbocycles. The number of phosphoric acid groups is 2. The van der Waals surface area contributed by atoms with Gasteiger partial charge in [-0.3, -0.25) is 0 Å². The summed E-state index contributed by atoms with van der Waals surface area (Å²) >= 11 is 0. The molecule has 11 N–H and O–H groups in total. The Morgan fingerprint density at radius 1 is 1.00 bits per heavy atom. The fraction of sp³-hybridized carbons (Fsp3) is 0.333. The lowest BCUT2D eigenvalue weighted by molar-refractivity contribution is 0.272. The predicted octanol–water partition coefficient (Wildman–Crippen LogP) is -1.56. The van der Waals surface area contributed by atoms with Crippen molar-refractivity contribution in [2.75, 3.05) is 6.54 Å². The second kappa shape index (κ2) is 12.0. The first kappa shape index (κ1) is 24.2. The maximum Gasteiger partial charge on any atom is 0.466 e. The van der Waals surface area contributed by atoms with Crippen molar-refractivity contribution >= 4 is 15.6 Å². The summed E-state index contributed by atoms with van der Waals surface area (Å²) < 4.78 is 17.8. The number of rotatable bonds is 1. The van der Waals surface area contributed by atoms with Gasteiger partial charge >= 0.3 is 15.6 Å². The molecule has 0 fully saturated rings. The van der Waals surface area contributed by atoms with Crippen LogP contribution >= 0.6 is 15.6 Å². The Kier molecular flexibility index (Phi) is 19.3. The minimum Gasteiger partial charge on any atom is -0.344 e. The van der Waals surface area contributed by atoms with E-state index in [2.05, 4.69) is 6.58 Å². The molecule has 12 heteroatoms. The topological polar surface area (TPSA) is 217 Å². The van der Waals surface area contributed by atoms with Crippen LogP contribution in [0.1, 0.15) is 0 Å². The Morgan fingerprint density at radius 2 is 1.07 bits per heavy atom. The highest BCUT2D eigenvalue weighted by Crippen LogP contribution is 2.26. The van der Waals surface area contributed by atoms with E-state index < -0.39 is 15.6 Å². The minimum atomic E-state index is -4.64. The third-order valence-corrected chi connectivity index (χ3v) is 0.167. The fourth-order valence-corrected chi connectivity index (χ4v) is 0. The van der Waals surface area contributed by atoms with Gasteiger partial charge in [-0.25, -0.2) is 9.13 Å². The van der Waals surface area contributed by atoms with Crippen molar-refractivity contribution in [3.05, 3.63) is 12.7 Å². The lowest BCUT2D eigenvalue weighted by Gasteiger charge is -1.82. The molecule has 0 aliphatic carbocycles. The highest BCUT2D eigenvalue weighted by Gasteiger charge is 2.00. The molecule has 0 aliphatic heterocycles. The highest BCUT2D eigenvalue weighted by molar-refractivity contribution is 7.45. The van der Waals surface area contributed by atoms with Crippen LogP contribution in [0.4, 0.5) is 0 Å². The van der Waals surface area contributed by atoms with Gasteiger partial charge in [0.05, 0.1) is 0 Å². The monoisotopic (exact) mass is 270 g/mol. The number of hydrogen-bond acceptors (Lipinski definition) is 4. The van der Waals surface area contributed by atoms with Crippen molar-refractivity contribution in [1.82, 2.24) is 6.15 Å². The SMILES string of the molecule is C=CCN.N.O=P(O)(O)O.O=P(O)(O)O. The van der Waals surface area contributed by atoms with E-state index in [9.17, 15) is 0 Å². The van der Waals surface area contributed by atoms with Crippen LogP contribution in [-0.2, 0) is 9.13 Å². The summed E-state index contributed by atoms with van der Waals surface area (Å²) in [5.74, 6) is 0. The lowest BCUT2D eigenvalue weighted by atomic mass is 10.7. The van der Waals surface area contributed by atoms with E-state index in [0.29, 0.717) is 6.54 Å². The van der Waals surface area contributed by atoms with Crippen molar-refractivity contribution in [3.63, 3.8) is 0 Å². The third kappa shape index (κ3) is 2530. The third-order valence-electron chi connectivity index (χ3n) is 0.167. The summed E-state index contributed by atoms with van der Waals surface area (Å²) in [5, 5.41) is 0. The van der Waals surface area contributed by atoms with Crippen molar-refractivity contribution in [3.8, 4) is 0 Å². The van der Waals surface area contributed by atoms with E-state index >= 15 is 0 Å². The lowest BCUT2D eigenvalue weighted by Crippen LogP contribution is -1.90. The molecule has 0 heterocycles. The van der Waals surface area contributed by atoms with Gasteiger partial charge in [0.15, 0.2) is 0 Å². The van der Waals surface area contributed by atoms with E-state index in [0.717, 1.165) is 0 Å². The number of nitrogens with two attached hydrogens (primary N) is 1. The van der Waals surface area contributed by atoms with Crippen molar-refractivity contribution in [1.29, 1.82) is 0 Å². The van der Waals surface area contributed by atoms with Gasteiger partial charge in [-0.2, -0.15) is 0 Å². The molecule has 0 aliphatic rings. The molecule has 0 bridgehead atoms. The average molecular weight is 270 g/mol. The van der Waals surface area contributed by atoms with Gasteiger partial charge in [0.2, 0.25) is 0 Å². The van der Waals surface area contributed by atoms with Gasteiger partial charge in [-0.1, -0.05) is 6.08 Å².